The highest BCUT2D eigenvalue weighted by atomic mass is 15.3. The van der Waals surface area contributed by atoms with Crippen LogP contribution in [0.15, 0.2) is 18.5 Å². The molecular weight excluding hydrogens is 302 g/mol. The second-order valence-electron chi connectivity index (χ2n) is 5.89. The van der Waals surface area contributed by atoms with Crippen molar-refractivity contribution in [2.75, 3.05) is 11.9 Å². The van der Waals surface area contributed by atoms with Crippen molar-refractivity contribution in [1.82, 2.24) is 29.5 Å². The highest BCUT2D eigenvalue weighted by molar-refractivity contribution is 5.87. The zero-order chi connectivity index (χ0) is 16.9. The molecule has 0 atom stereocenters. The fourth-order valence-corrected chi connectivity index (χ4v) is 2.84. The number of fused-ring (bicyclic) bond motifs is 1. The van der Waals surface area contributed by atoms with Gasteiger partial charge in [-0.2, -0.15) is 10.2 Å². The molecule has 24 heavy (non-hydrogen) atoms. The summed E-state index contributed by atoms with van der Waals surface area (Å²) in [5.74, 6) is 1.78. The molecular formula is C17H25N7. The summed E-state index contributed by atoms with van der Waals surface area (Å²) in [6.45, 7) is 8.79. The minimum absolute atomic E-state index is 0.808. The third kappa shape index (κ3) is 3.39. The van der Waals surface area contributed by atoms with Gasteiger partial charge in [0, 0.05) is 38.4 Å². The van der Waals surface area contributed by atoms with Gasteiger partial charge in [-0.1, -0.05) is 6.92 Å². The van der Waals surface area contributed by atoms with Crippen LogP contribution in [-0.2, 0) is 19.5 Å². The van der Waals surface area contributed by atoms with Gasteiger partial charge in [-0.3, -0.25) is 9.36 Å². The number of rotatable bonds is 8. The Labute approximate surface area is 142 Å². The van der Waals surface area contributed by atoms with Gasteiger partial charge in [-0.25, -0.2) is 9.97 Å². The lowest BCUT2D eigenvalue weighted by molar-refractivity contribution is 0.591. The number of nitrogens with one attached hydrogen (secondary N) is 1. The summed E-state index contributed by atoms with van der Waals surface area (Å²) in [7, 11) is 0. The van der Waals surface area contributed by atoms with Crippen molar-refractivity contribution < 1.29 is 0 Å². The monoisotopic (exact) mass is 327 g/mol. The zero-order valence-electron chi connectivity index (χ0n) is 14.7. The Balaban J connectivity index is 1.81. The van der Waals surface area contributed by atoms with Crippen molar-refractivity contribution in [1.29, 1.82) is 0 Å². The maximum atomic E-state index is 4.74. The van der Waals surface area contributed by atoms with E-state index in [0.717, 1.165) is 67.3 Å². The molecule has 3 aromatic heterocycles. The van der Waals surface area contributed by atoms with Crippen LogP contribution in [0, 0.1) is 6.92 Å². The Morgan fingerprint density at radius 3 is 2.79 bits per heavy atom. The van der Waals surface area contributed by atoms with Crippen LogP contribution in [0.1, 0.15) is 38.2 Å². The Kier molecular flexibility index (Phi) is 5.08. The Morgan fingerprint density at radius 1 is 1.21 bits per heavy atom. The van der Waals surface area contributed by atoms with Gasteiger partial charge < -0.3 is 5.32 Å². The van der Waals surface area contributed by atoms with Crippen LogP contribution in [0.25, 0.3) is 11.0 Å². The van der Waals surface area contributed by atoms with E-state index in [2.05, 4.69) is 29.4 Å². The normalized spacial score (nSPS) is 11.3. The molecule has 0 saturated carbocycles. The standard InChI is InChI=1S/C17H25N7/c1-4-8-14-20-15-13(3)22-24(5-2)16(15)17(21-14)18-9-6-11-23-12-7-10-19-23/h7,10,12H,4-6,8-9,11H2,1-3H3,(H,18,20,21). The molecule has 3 heterocycles. The number of nitrogens with zero attached hydrogens (tertiary/aromatic N) is 6. The Bertz CT molecular complexity index is 789. The van der Waals surface area contributed by atoms with Crippen LogP contribution >= 0.6 is 0 Å². The topological polar surface area (TPSA) is 73.5 Å². The lowest BCUT2D eigenvalue weighted by Crippen LogP contribution is -2.11. The second-order valence-corrected chi connectivity index (χ2v) is 5.89. The van der Waals surface area contributed by atoms with Crippen LogP contribution < -0.4 is 5.32 Å². The molecule has 0 amide bonds. The average Bonchev–Trinajstić information content (AvgIpc) is 3.20. The van der Waals surface area contributed by atoms with Gasteiger partial charge in [0.2, 0.25) is 0 Å². The predicted octanol–water partition coefficient (Wildman–Crippen LogP) is 2.81. The fraction of sp³-hybridized carbons (Fsp3) is 0.529. The molecule has 0 aliphatic carbocycles. The van der Waals surface area contributed by atoms with Crippen LogP contribution in [0.2, 0.25) is 0 Å². The van der Waals surface area contributed by atoms with Crippen molar-refractivity contribution in [2.24, 2.45) is 0 Å². The summed E-state index contributed by atoms with van der Waals surface area (Å²) in [6.07, 6.45) is 6.69. The molecule has 0 fully saturated rings. The van der Waals surface area contributed by atoms with E-state index in [9.17, 15) is 0 Å². The Morgan fingerprint density at radius 2 is 2.08 bits per heavy atom. The number of aromatic nitrogens is 6. The molecule has 0 saturated heterocycles. The van der Waals surface area contributed by atoms with Crippen molar-refractivity contribution in [3.8, 4) is 0 Å². The molecule has 128 valence electrons. The largest absolute Gasteiger partial charge is 0.368 e. The summed E-state index contributed by atoms with van der Waals surface area (Å²) in [4.78, 5) is 9.46. The summed E-state index contributed by atoms with van der Waals surface area (Å²) in [5.41, 5.74) is 2.94. The highest BCUT2D eigenvalue weighted by Gasteiger charge is 2.15. The van der Waals surface area contributed by atoms with E-state index >= 15 is 0 Å². The molecule has 3 aromatic rings. The number of hydrogen-bond acceptors (Lipinski definition) is 5. The first-order chi connectivity index (χ1) is 11.7. The molecule has 0 unspecified atom stereocenters. The highest BCUT2D eigenvalue weighted by Crippen LogP contribution is 2.23. The van der Waals surface area contributed by atoms with E-state index < -0.39 is 0 Å². The third-order valence-electron chi connectivity index (χ3n) is 3.99. The van der Waals surface area contributed by atoms with Crippen molar-refractivity contribution in [3.05, 3.63) is 30.0 Å². The number of aryl methyl sites for hydroxylation is 4. The maximum Gasteiger partial charge on any atom is 0.156 e. The van der Waals surface area contributed by atoms with E-state index in [1.807, 2.05) is 28.6 Å². The molecule has 0 aliphatic heterocycles. The Hall–Kier alpha value is -2.44. The molecule has 0 aromatic carbocycles. The van der Waals surface area contributed by atoms with Gasteiger partial charge >= 0.3 is 0 Å². The number of hydrogen-bond donors (Lipinski definition) is 1. The zero-order valence-corrected chi connectivity index (χ0v) is 14.7. The SMILES string of the molecule is CCCc1nc(NCCCn2cccn2)c2c(n1)c(C)nn2CC. The fourth-order valence-electron chi connectivity index (χ4n) is 2.84. The molecule has 0 aliphatic rings. The molecule has 3 rings (SSSR count). The van der Waals surface area contributed by atoms with Crippen molar-refractivity contribution in [3.63, 3.8) is 0 Å². The lowest BCUT2D eigenvalue weighted by atomic mass is 10.3. The summed E-state index contributed by atoms with van der Waals surface area (Å²) < 4.78 is 3.93. The van der Waals surface area contributed by atoms with Gasteiger partial charge in [0.05, 0.1) is 5.69 Å². The van der Waals surface area contributed by atoms with Gasteiger partial charge in [0.15, 0.2) is 5.82 Å². The van der Waals surface area contributed by atoms with Crippen LogP contribution in [-0.4, -0.2) is 36.1 Å². The molecule has 0 bridgehead atoms. The summed E-state index contributed by atoms with van der Waals surface area (Å²) in [6, 6.07) is 1.95. The van der Waals surface area contributed by atoms with Gasteiger partial charge in [-0.15, -0.1) is 0 Å². The van der Waals surface area contributed by atoms with Crippen LogP contribution in [0.5, 0.6) is 0 Å². The molecule has 1 N–H and O–H groups in total. The quantitative estimate of drug-likeness (QED) is 0.644. The van der Waals surface area contributed by atoms with Crippen LogP contribution in [0.4, 0.5) is 5.82 Å². The summed E-state index contributed by atoms with van der Waals surface area (Å²) in [5, 5.41) is 12.3. The molecule has 7 heteroatoms. The smallest absolute Gasteiger partial charge is 0.156 e. The molecule has 7 nitrogen and oxygen atoms in total. The average molecular weight is 327 g/mol. The van der Waals surface area contributed by atoms with Gasteiger partial charge in [0.1, 0.15) is 16.9 Å². The van der Waals surface area contributed by atoms with Crippen molar-refractivity contribution in [2.45, 2.75) is 53.1 Å². The first-order valence-corrected chi connectivity index (χ1v) is 8.68. The van der Waals surface area contributed by atoms with Gasteiger partial charge in [-0.05, 0) is 32.8 Å². The van der Waals surface area contributed by atoms with E-state index in [4.69, 9.17) is 9.97 Å². The van der Waals surface area contributed by atoms with E-state index in [1.165, 1.54) is 0 Å². The van der Waals surface area contributed by atoms with E-state index in [-0.39, 0.29) is 0 Å². The van der Waals surface area contributed by atoms with E-state index in [1.54, 1.807) is 6.20 Å². The lowest BCUT2D eigenvalue weighted by Gasteiger charge is -2.10. The first kappa shape index (κ1) is 16.4. The minimum atomic E-state index is 0.808. The van der Waals surface area contributed by atoms with Crippen LogP contribution in [0.3, 0.4) is 0 Å². The van der Waals surface area contributed by atoms with E-state index in [0.29, 0.717) is 0 Å². The molecule has 0 spiro atoms. The third-order valence-corrected chi connectivity index (χ3v) is 3.99. The predicted molar refractivity (Wildman–Crippen MR) is 95.1 cm³/mol. The van der Waals surface area contributed by atoms with Gasteiger partial charge in [0.25, 0.3) is 0 Å². The number of anilines is 1. The molecule has 0 radical (unpaired) electrons. The first-order valence-electron chi connectivity index (χ1n) is 8.68. The maximum absolute atomic E-state index is 4.74. The second kappa shape index (κ2) is 7.42. The van der Waals surface area contributed by atoms with Crippen molar-refractivity contribution >= 4 is 16.9 Å². The summed E-state index contributed by atoms with van der Waals surface area (Å²) >= 11 is 0. The minimum Gasteiger partial charge on any atom is -0.368 e.